The van der Waals surface area contributed by atoms with Crippen LogP contribution in [0, 0.1) is 5.92 Å². The Morgan fingerprint density at radius 3 is 2.56 bits per heavy atom. The van der Waals surface area contributed by atoms with E-state index in [1.807, 2.05) is 30.3 Å². The molecule has 3 rings (SSSR count). The summed E-state index contributed by atoms with van der Waals surface area (Å²) >= 11 is 0. The zero-order valence-corrected chi connectivity index (χ0v) is 14.6. The van der Waals surface area contributed by atoms with E-state index in [-0.39, 0.29) is 24.7 Å². The number of amides is 1. The first-order valence-electron chi connectivity index (χ1n) is 8.36. The fraction of sp³-hybridized carbons (Fsp3) is 0.474. The van der Waals surface area contributed by atoms with E-state index in [1.165, 1.54) is 25.0 Å². The molecular formula is C19H23NO5. The average molecular weight is 345 g/mol. The second-order valence-electron chi connectivity index (χ2n) is 7.12. The van der Waals surface area contributed by atoms with Gasteiger partial charge in [-0.15, -0.1) is 0 Å². The number of hydrogen-bond donors (Lipinski definition) is 1. The Kier molecular flexibility index (Phi) is 4.53. The van der Waals surface area contributed by atoms with Crippen molar-refractivity contribution in [2.45, 2.75) is 51.2 Å². The molecule has 6 nitrogen and oxygen atoms in total. The molecule has 0 saturated carbocycles. The van der Waals surface area contributed by atoms with Crippen LogP contribution in [0.4, 0.5) is 0 Å². The van der Waals surface area contributed by atoms with Gasteiger partial charge in [-0.05, 0) is 31.6 Å². The van der Waals surface area contributed by atoms with Gasteiger partial charge in [0.15, 0.2) is 11.6 Å². The Bertz CT molecular complexity index is 694. The van der Waals surface area contributed by atoms with Crippen LogP contribution >= 0.6 is 0 Å². The molecule has 1 aliphatic heterocycles. The number of allylic oxidation sites excluding steroid dienone is 1. The first kappa shape index (κ1) is 17.8. The summed E-state index contributed by atoms with van der Waals surface area (Å²) in [5.41, 5.74) is 0.0559. The van der Waals surface area contributed by atoms with E-state index in [0.717, 1.165) is 5.56 Å². The summed E-state index contributed by atoms with van der Waals surface area (Å²) in [7, 11) is 0. The third-order valence-electron chi connectivity index (χ3n) is 4.59. The highest BCUT2D eigenvalue weighted by Gasteiger charge is 2.61. The van der Waals surface area contributed by atoms with Crippen LogP contribution in [-0.4, -0.2) is 39.3 Å². The zero-order chi connectivity index (χ0) is 18.2. The highest BCUT2D eigenvalue weighted by atomic mass is 16.7. The molecule has 134 valence electrons. The quantitative estimate of drug-likeness (QED) is 0.652. The minimum atomic E-state index is -1.43. The first-order valence-corrected chi connectivity index (χ1v) is 8.36. The molecule has 0 bridgehead atoms. The van der Waals surface area contributed by atoms with E-state index < -0.39 is 23.3 Å². The summed E-state index contributed by atoms with van der Waals surface area (Å²) in [5, 5.41) is 11.4. The van der Waals surface area contributed by atoms with Gasteiger partial charge in [0, 0.05) is 5.92 Å². The van der Waals surface area contributed by atoms with E-state index in [9.17, 15) is 14.7 Å². The van der Waals surface area contributed by atoms with Gasteiger partial charge in [-0.1, -0.05) is 37.3 Å². The number of rotatable bonds is 5. The van der Waals surface area contributed by atoms with Crippen LogP contribution in [0.25, 0.3) is 0 Å². The molecule has 1 aromatic carbocycles. The molecule has 3 atom stereocenters. The maximum Gasteiger partial charge on any atom is 0.249 e. The molecule has 1 saturated heterocycles. The molecule has 1 aliphatic carbocycles. The number of ketones is 1. The third-order valence-corrected chi connectivity index (χ3v) is 4.59. The van der Waals surface area contributed by atoms with Gasteiger partial charge in [-0.2, -0.15) is 0 Å². The van der Waals surface area contributed by atoms with Crippen molar-refractivity contribution in [3.05, 3.63) is 48.0 Å². The van der Waals surface area contributed by atoms with Crippen molar-refractivity contribution in [2.75, 3.05) is 0 Å². The van der Waals surface area contributed by atoms with Crippen molar-refractivity contribution in [3.63, 3.8) is 0 Å². The van der Waals surface area contributed by atoms with Crippen LogP contribution in [0.5, 0.6) is 0 Å². The number of hydrogen-bond acceptors (Lipinski definition) is 5. The van der Waals surface area contributed by atoms with Gasteiger partial charge in [0.25, 0.3) is 0 Å². The van der Waals surface area contributed by atoms with E-state index in [4.69, 9.17) is 9.57 Å². The number of hydroxylamine groups is 2. The van der Waals surface area contributed by atoms with E-state index in [2.05, 4.69) is 0 Å². The van der Waals surface area contributed by atoms with Crippen molar-refractivity contribution < 1.29 is 24.3 Å². The number of β-lactam (4-membered cyclic amide) rings is 1. The van der Waals surface area contributed by atoms with Crippen LogP contribution in [0.3, 0.4) is 0 Å². The van der Waals surface area contributed by atoms with Crippen molar-refractivity contribution >= 4 is 11.7 Å². The molecule has 1 unspecified atom stereocenters. The molecular weight excluding hydrogens is 322 g/mol. The van der Waals surface area contributed by atoms with Crippen LogP contribution in [0.2, 0.25) is 0 Å². The standard InChI is InChI=1S/C19H23NO5/c1-13-15(21)9-10-19(17(13)25-18(2,3)23)11-16(22)20(19)24-12-14-7-5-4-6-8-14/h4-10,13,17,23H,11-12H2,1-3H3/t13-,17?,19+/m1/s1. The maximum absolute atomic E-state index is 12.2. The van der Waals surface area contributed by atoms with Gasteiger partial charge in [0.1, 0.15) is 18.2 Å². The van der Waals surface area contributed by atoms with Gasteiger partial charge < -0.3 is 9.84 Å². The highest BCUT2D eigenvalue weighted by Crippen LogP contribution is 2.44. The fourth-order valence-electron chi connectivity index (χ4n) is 3.35. The Morgan fingerprint density at radius 2 is 1.96 bits per heavy atom. The normalized spacial score (nSPS) is 29.2. The minimum Gasteiger partial charge on any atom is -0.366 e. The summed E-state index contributed by atoms with van der Waals surface area (Å²) in [6.45, 7) is 4.99. The lowest BCUT2D eigenvalue weighted by molar-refractivity contribution is -0.305. The Balaban J connectivity index is 1.84. The first-order chi connectivity index (χ1) is 11.7. The summed E-state index contributed by atoms with van der Waals surface area (Å²) in [5.74, 6) is -2.19. The zero-order valence-electron chi connectivity index (χ0n) is 14.6. The highest BCUT2D eigenvalue weighted by molar-refractivity contribution is 5.96. The van der Waals surface area contributed by atoms with Crippen molar-refractivity contribution in [1.29, 1.82) is 0 Å². The molecule has 1 heterocycles. The number of benzene rings is 1. The van der Waals surface area contributed by atoms with Crippen molar-refractivity contribution in [2.24, 2.45) is 5.92 Å². The molecule has 1 N–H and O–H groups in total. The second kappa shape index (κ2) is 6.37. The lowest BCUT2D eigenvalue weighted by Gasteiger charge is -2.55. The Morgan fingerprint density at radius 1 is 1.28 bits per heavy atom. The smallest absolute Gasteiger partial charge is 0.249 e. The minimum absolute atomic E-state index is 0.0952. The van der Waals surface area contributed by atoms with Crippen molar-refractivity contribution in [1.82, 2.24) is 5.06 Å². The van der Waals surface area contributed by atoms with Crippen LogP contribution in [0.15, 0.2) is 42.5 Å². The lowest BCUT2D eigenvalue weighted by atomic mass is 9.71. The molecule has 0 aromatic heterocycles. The van der Waals surface area contributed by atoms with E-state index in [1.54, 1.807) is 13.0 Å². The van der Waals surface area contributed by atoms with Gasteiger partial charge in [0.2, 0.25) is 5.91 Å². The average Bonchev–Trinajstić information content (AvgIpc) is 2.54. The van der Waals surface area contributed by atoms with E-state index in [0.29, 0.717) is 0 Å². The summed E-state index contributed by atoms with van der Waals surface area (Å²) in [6.07, 6.45) is 2.63. The van der Waals surface area contributed by atoms with Crippen LogP contribution < -0.4 is 0 Å². The van der Waals surface area contributed by atoms with Gasteiger partial charge in [-0.3, -0.25) is 14.4 Å². The van der Waals surface area contributed by atoms with Crippen LogP contribution in [0.1, 0.15) is 32.8 Å². The molecule has 1 spiro atoms. The van der Waals surface area contributed by atoms with Gasteiger partial charge in [0.05, 0.1) is 6.42 Å². The topological polar surface area (TPSA) is 76.1 Å². The number of carbonyl (C=O) groups is 2. The lowest BCUT2D eigenvalue weighted by Crippen LogP contribution is -2.71. The molecule has 6 heteroatoms. The summed E-state index contributed by atoms with van der Waals surface area (Å²) < 4.78 is 5.76. The second-order valence-corrected chi connectivity index (χ2v) is 7.12. The predicted octanol–water partition coefficient (Wildman–Crippen LogP) is 1.98. The summed E-state index contributed by atoms with van der Waals surface area (Å²) in [4.78, 5) is 30.0. The van der Waals surface area contributed by atoms with E-state index >= 15 is 0 Å². The van der Waals surface area contributed by atoms with Crippen molar-refractivity contribution in [3.8, 4) is 0 Å². The largest absolute Gasteiger partial charge is 0.366 e. The molecule has 25 heavy (non-hydrogen) atoms. The molecule has 1 amide bonds. The molecule has 1 aromatic rings. The SMILES string of the molecule is C[C@@H]1C(=O)C=C[C@]2(CC(=O)N2OCc2ccccc2)C1OC(C)(C)O. The monoisotopic (exact) mass is 345 g/mol. The number of ether oxygens (including phenoxy) is 1. The molecule has 0 radical (unpaired) electrons. The number of aliphatic hydroxyl groups is 1. The Labute approximate surface area is 147 Å². The predicted molar refractivity (Wildman–Crippen MR) is 89.9 cm³/mol. The Hall–Kier alpha value is -2.02. The molecule has 1 fully saturated rings. The summed E-state index contributed by atoms with van der Waals surface area (Å²) in [6, 6.07) is 9.51. The third kappa shape index (κ3) is 3.38. The van der Waals surface area contributed by atoms with Crippen LogP contribution in [-0.2, 0) is 25.8 Å². The fourth-order valence-corrected chi connectivity index (χ4v) is 3.35. The maximum atomic E-state index is 12.2. The number of nitrogens with zero attached hydrogens (tertiary/aromatic N) is 1. The van der Waals surface area contributed by atoms with Gasteiger partial charge >= 0.3 is 0 Å². The van der Waals surface area contributed by atoms with Gasteiger partial charge in [-0.25, -0.2) is 5.06 Å². The number of carbonyl (C=O) groups excluding carboxylic acids is 2. The molecule has 2 aliphatic rings.